The molecule has 2 aromatic carbocycles. The lowest BCUT2D eigenvalue weighted by Gasteiger charge is -2.28. The Morgan fingerprint density at radius 2 is 2.00 bits per heavy atom. The van der Waals surface area contributed by atoms with Crippen molar-refractivity contribution in [2.24, 2.45) is 0 Å². The monoisotopic (exact) mass is 496 g/mol. The molecule has 0 N–H and O–H groups in total. The van der Waals surface area contributed by atoms with E-state index in [2.05, 4.69) is 10.1 Å². The number of piperidine rings is 1. The average Bonchev–Trinajstić information content (AvgIpc) is 3.25. The number of fused-ring (bicyclic) bond motifs is 1. The first kappa shape index (κ1) is 23.2. The van der Waals surface area contributed by atoms with E-state index >= 15 is 0 Å². The number of amides is 1. The lowest BCUT2D eigenvalue weighted by Crippen LogP contribution is -2.35. The Labute approximate surface area is 206 Å². The average molecular weight is 497 g/mol. The van der Waals surface area contributed by atoms with E-state index in [0.717, 1.165) is 24.4 Å². The van der Waals surface area contributed by atoms with Crippen LogP contribution in [-0.2, 0) is 17.9 Å². The number of carbonyl (C=O) groups excluding carboxylic acids is 1. The molecular formula is C26H23ClF2N4O2. The number of hydrogen-bond acceptors (Lipinski definition) is 4. The van der Waals surface area contributed by atoms with Gasteiger partial charge in [0, 0.05) is 36.2 Å². The summed E-state index contributed by atoms with van der Waals surface area (Å²) < 4.78 is 35.4. The number of pyridine rings is 1. The quantitative estimate of drug-likeness (QED) is 0.341. The lowest BCUT2D eigenvalue weighted by atomic mass is 10.0. The van der Waals surface area contributed by atoms with Crippen molar-refractivity contribution in [1.82, 2.24) is 19.7 Å². The molecule has 1 aliphatic rings. The lowest BCUT2D eigenvalue weighted by molar-refractivity contribution is -0.133. The van der Waals surface area contributed by atoms with Gasteiger partial charge in [-0.15, -0.1) is 0 Å². The Balaban J connectivity index is 1.48. The molecule has 1 aliphatic heterocycles. The normalized spacial score (nSPS) is 14.1. The molecule has 1 fully saturated rings. The molecule has 0 spiro atoms. The predicted octanol–water partition coefficient (Wildman–Crippen LogP) is 5.75. The van der Waals surface area contributed by atoms with Crippen LogP contribution >= 0.6 is 11.6 Å². The molecule has 5 rings (SSSR count). The van der Waals surface area contributed by atoms with Gasteiger partial charge in [0.1, 0.15) is 23.7 Å². The summed E-state index contributed by atoms with van der Waals surface area (Å²) in [7, 11) is 0. The van der Waals surface area contributed by atoms with E-state index in [9.17, 15) is 13.6 Å². The number of aryl methyl sites for hydroxylation is 1. The number of halogens is 3. The van der Waals surface area contributed by atoms with E-state index in [-0.39, 0.29) is 24.1 Å². The van der Waals surface area contributed by atoms with Crippen LogP contribution in [0.4, 0.5) is 8.78 Å². The third-order valence-electron chi connectivity index (χ3n) is 6.11. The van der Waals surface area contributed by atoms with E-state index in [1.165, 1.54) is 23.0 Å². The van der Waals surface area contributed by atoms with Gasteiger partial charge < -0.3 is 9.64 Å². The number of para-hydroxylation sites is 1. The minimum atomic E-state index is -0.461. The maximum atomic E-state index is 14.2. The van der Waals surface area contributed by atoms with E-state index in [4.69, 9.17) is 16.3 Å². The van der Waals surface area contributed by atoms with Crippen LogP contribution in [0.25, 0.3) is 16.6 Å². The van der Waals surface area contributed by atoms with Gasteiger partial charge in [-0.05, 0) is 49.6 Å². The Kier molecular flexibility index (Phi) is 6.38. The van der Waals surface area contributed by atoms with Gasteiger partial charge in [-0.25, -0.2) is 18.4 Å². The second-order valence-electron chi connectivity index (χ2n) is 8.62. The molecule has 2 aromatic heterocycles. The number of aromatic nitrogens is 3. The Morgan fingerprint density at radius 3 is 2.77 bits per heavy atom. The molecule has 0 aliphatic carbocycles. The maximum absolute atomic E-state index is 14.2. The van der Waals surface area contributed by atoms with Gasteiger partial charge in [-0.2, -0.15) is 5.10 Å². The first-order chi connectivity index (χ1) is 16.9. The summed E-state index contributed by atoms with van der Waals surface area (Å²) >= 11 is 6.42. The minimum Gasteiger partial charge on any atom is -0.487 e. The number of nitrogens with zero attached hydrogens (tertiary/aromatic N) is 4. The number of carbonyl (C=O) groups is 1. The highest BCUT2D eigenvalue weighted by Gasteiger charge is 2.21. The zero-order valence-corrected chi connectivity index (χ0v) is 19.9. The molecule has 1 amide bonds. The number of benzene rings is 2. The Morgan fingerprint density at radius 1 is 1.14 bits per heavy atom. The fourth-order valence-corrected chi connectivity index (χ4v) is 4.69. The highest BCUT2D eigenvalue weighted by Crippen LogP contribution is 2.31. The SMILES string of the molecule is Cc1cc(-n2cc(F)cn2)c2cccc(OCc3c(Cl)cc(F)cc3CN3CCCCC3=O)c2n1. The predicted molar refractivity (Wildman–Crippen MR) is 129 cm³/mol. The van der Waals surface area contributed by atoms with Crippen LogP contribution in [0.3, 0.4) is 0 Å². The third kappa shape index (κ3) is 4.84. The molecule has 0 atom stereocenters. The largest absolute Gasteiger partial charge is 0.487 e. The van der Waals surface area contributed by atoms with Crippen molar-refractivity contribution in [3.63, 3.8) is 0 Å². The molecule has 0 bridgehead atoms. The third-order valence-corrected chi connectivity index (χ3v) is 6.45. The Hall–Kier alpha value is -3.52. The van der Waals surface area contributed by atoms with Crippen molar-refractivity contribution in [3.05, 3.63) is 82.3 Å². The number of rotatable bonds is 6. The molecule has 6 nitrogen and oxygen atoms in total. The molecule has 1 saturated heterocycles. The van der Waals surface area contributed by atoms with Crippen molar-refractivity contribution >= 4 is 28.4 Å². The molecular weight excluding hydrogens is 474 g/mol. The van der Waals surface area contributed by atoms with Crippen molar-refractivity contribution in [2.45, 2.75) is 39.3 Å². The molecule has 180 valence electrons. The van der Waals surface area contributed by atoms with Gasteiger partial charge in [0.25, 0.3) is 0 Å². The number of hydrogen-bond donors (Lipinski definition) is 0. The van der Waals surface area contributed by atoms with Crippen LogP contribution in [0, 0.1) is 18.6 Å². The summed E-state index contributed by atoms with van der Waals surface area (Å²) in [6.07, 6.45) is 4.74. The van der Waals surface area contributed by atoms with Crippen molar-refractivity contribution < 1.29 is 18.3 Å². The summed E-state index contributed by atoms with van der Waals surface area (Å²) in [5, 5.41) is 5.06. The maximum Gasteiger partial charge on any atom is 0.222 e. The van der Waals surface area contributed by atoms with Gasteiger partial charge in [0.05, 0.1) is 23.1 Å². The second kappa shape index (κ2) is 9.62. The van der Waals surface area contributed by atoms with Gasteiger partial charge in [-0.3, -0.25) is 4.79 Å². The van der Waals surface area contributed by atoms with E-state index < -0.39 is 11.6 Å². The van der Waals surface area contributed by atoms with Crippen LogP contribution in [0.5, 0.6) is 5.75 Å². The summed E-state index contributed by atoms with van der Waals surface area (Å²) in [6, 6.07) is 9.94. The Bertz CT molecular complexity index is 1420. The fourth-order valence-electron chi connectivity index (χ4n) is 4.41. The van der Waals surface area contributed by atoms with Crippen molar-refractivity contribution in [1.29, 1.82) is 0 Å². The molecule has 0 unspecified atom stereocenters. The molecule has 3 heterocycles. The highest BCUT2D eigenvalue weighted by atomic mass is 35.5. The number of ether oxygens (including phenoxy) is 1. The molecule has 9 heteroatoms. The molecule has 35 heavy (non-hydrogen) atoms. The van der Waals surface area contributed by atoms with Crippen LogP contribution < -0.4 is 4.74 Å². The van der Waals surface area contributed by atoms with Crippen molar-refractivity contribution in [2.75, 3.05) is 6.54 Å². The second-order valence-corrected chi connectivity index (χ2v) is 9.03. The van der Waals surface area contributed by atoms with Crippen LogP contribution in [0.15, 0.2) is 48.8 Å². The minimum absolute atomic E-state index is 0.0554. The standard InChI is InChI=1S/C26H23ClF2N4O2/c1-16-9-23(33-14-19(29)12-30-33)20-5-4-6-24(26(20)31-16)35-15-21-17(10-18(28)11-22(21)27)13-32-8-3-2-7-25(32)34/h4-6,9-12,14H,2-3,7-8,13,15H2,1H3. The zero-order chi connectivity index (χ0) is 24.5. The van der Waals surface area contributed by atoms with Crippen molar-refractivity contribution in [3.8, 4) is 11.4 Å². The molecule has 0 saturated carbocycles. The topological polar surface area (TPSA) is 60.2 Å². The van der Waals surface area contributed by atoms with Gasteiger partial charge in [0.2, 0.25) is 5.91 Å². The van der Waals surface area contributed by atoms with Gasteiger partial charge in [-0.1, -0.05) is 23.7 Å². The summed E-state index contributed by atoms with van der Waals surface area (Å²) in [5.41, 5.74) is 3.20. The van der Waals surface area contributed by atoms with Crippen LogP contribution in [0.2, 0.25) is 5.02 Å². The smallest absolute Gasteiger partial charge is 0.222 e. The first-order valence-corrected chi connectivity index (χ1v) is 11.7. The number of likely N-dealkylation sites (tertiary alicyclic amines) is 1. The molecule has 0 radical (unpaired) electrons. The van der Waals surface area contributed by atoms with E-state index in [0.29, 0.717) is 46.7 Å². The molecule has 4 aromatic rings. The van der Waals surface area contributed by atoms with Gasteiger partial charge in [0.15, 0.2) is 5.82 Å². The summed E-state index contributed by atoms with van der Waals surface area (Å²) in [6.45, 7) is 2.81. The van der Waals surface area contributed by atoms with Gasteiger partial charge >= 0.3 is 0 Å². The first-order valence-electron chi connectivity index (χ1n) is 11.4. The zero-order valence-electron chi connectivity index (χ0n) is 19.1. The summed E-state index contributed by atoms with van der Waals surface area (Å²) in [5.74, 6) is -0.345. The highest BCUT2D eigenvalue weighted by molar-refractivity contribution is 6.31. The summed E-state index contributed by atoms with van der Waals surface area (Å²) in [4.78, 5) is 18.7. The van der Waals surface area contributed by atoms with E-state index in [1.807, 2.05) is 25.1 Å². The fraction of sp³-hybridized carbons (Fsp3) is 0.269. The van der Waals surface area contributed by atoms with E-state index in [1.54, 1.807) is 11.0 Å². The van der Waals surface area contributed by atoms with Crippen LogP contribution in [0.1, 0.15) is 36.1 Å². The van der Waals surface area contributed by atoms with Crippen LogP contribution in [-0.4, -0.2) is 32.1 Å².